The molecule has 0 saturated carbocycles. The highest BCUT2D eigenvalue weighted by molar-refractivity contribution is 6.31. The number of rotatable bonds is 3. The van der Waals surface area contributed by atoms with Gasteiger partial charge in [-0.2, -0.15) is 0 Å². The summed E-state index contributed by atoms with van der Waals surface area (Å²) in [6.45, 7) is 1.41. The van der Waals surface area contributed by atoms with Gasteiger partial charge in [-0.25, -0.2) is 4.39 Å². The van der Waals surface area contributed by atoms with Crippen molar-refractivity contribution in [3.8, 4) is 0 Å². The molecule has 3 N–H and O–H groups in total. The summed E-state index contributed by atoms with van der Waals surface area (Å²) in [5, 5.41) is 2.49. The van der Waals surface area contributed by atoms with E-state index in [0.29, 0.717) is 0 Å². The average Bonchev–Trinajstić information content (AvgIpc) is 2.21. The molecule has 0 radical (unpaired) electrons. The van der Waals surface area contributed by atoms with Crippen LogP contribution in [0.5, 0.6) is 0 Å². The number of halogens is 2. The minimum atomic E-state index is -0.870. The number of amides is 2. The van der Waals surface area contributed by atoms with Crippen LogP contribution in [-0.2, 0) is 4.79 Å². The maximum atomic E-state index is 13.2. The maximum absolute atomic E-state index is 13.2. The molecule has 1 atom stereocenters. The smallest absolute Gasteiger partial charge is 0.254 e. The number of carbonyl (C=O) groups excluding carboxylic acids is 2. The third-order valence-corrected chi connectivity index (χ3v) is 2.18. The van der Waals surface area contributed by atoms with Crippen LogP contribution < -0.4 is 11.1 Å². The fourth-order valence-electron chi connectivity index (χ4n) is 1.02. The van der Waals surface area contributed by atoms with E-state index in [1.54, 1.807) is 0 Å². The first-order valence-electron chi connectivity index (χ1n) is 4.47. The Morgan fingerprint density at radius 2 is 2.12 bits per heavy atom. The van der Waals surface area contributed by atoms with Crippen molar-refractivity contribution >= 4 is 23.4 Å². The summed E-state index contributed by atoms with van der Waals surface area (Å²) >= 11 is 5.62. The second kappa shape index (κ2) is 4.94. The van der Waals surface area contributed by atoms with Gasteiger partial charge in [-0.1, -0.05) is 11.6 Å². The molecule has 0 fully saturated rings. The topological polar surface area (TPSA) is 72.2 Å². The van der Waals surface area contributed by atoms with Crippen LogP contribution in [-0.4, -0.2) is 17.9 Å². The highest BCUT2D eigenvalue weighted by Gasteiger charge is 2.16. The predicted octanol–water partition coefficient (Wildman–Crippen LogP) is 1.08. The first-order chi connectivity index (χ1) is 7.41. The number of carbonyl (C=O) groups is 2. The fraction of sp³-hybridized carbons (Fsp3) is 0.200. The highest BCUT2D eigenvalue weighted by atomic mass is 35.5. The lowest BCUT2D eigenvalue weighted by atomic mass is 10.2. The van der Waals surface area contributed by atoms with Gasteiger partial charge >= 0.3 is 0 Å². The van der Waals surface area contributed by atoms with Crippen LogP contribution in [0.25, 0.3) is 0 Å². The average molecular weight is 245 g/mol. The normalized spacial score (nSPS) is 11.9. The van der Waals surface area contributed by atoms with Crippen LogP contribution >= 0.6 is 11.6 Å². The van der Waals surface area contributed by atoms with Gasteiger partial charge in [0.2, 0.25) is 5.91 Å². The number of benzene rings is 1. The Morgan fingerprint density at radius 1 is 1.50 bits per heavy atom. The monoisotopic (exact) mass is 244 g/mol. The van der Waals surface area contributed by atoms with Crippen molar-refractivity contribution in [2.24, 2.45) is 5.73 Å². The number of hydrogen-bond donors (Lipinski definition) is 2. The minimum Gasteiger partial charge on any atom is -0.368 e. The Labute approximate surface area is 96.6 Å². The summed E-state index contributed by atoms with van der Waals surface area (Å²) < 4.78 is 13.2. The van der Waals surface area contributed by atoms with E-state index in [1.807, 2.05) is 0 Å². The zero-order valence-electron chi connectivity index (χ0n) is 8.46. The lowest BCUT2D eigenvalue weighted by Crippen LogP contribution is -2.42. The molecular formula is C10H10ClFN2O2. The van der Waals surface area contributed by atoms with E-state index in [4.69, 9.17) is 17.3 Å². The van der Waals surface area contributed by atoms with Gasteiger partial charge in [-0.15, -0.1) is 0 Å². The minimum absolute atomic E-state index is 0.222. The van der Waals surface area contributed by atoms with Crippen LogP contribution in [0.2, 0.25) is 5.02 Å². The molecule has 0 aliphatic carbocycles. The van der Waals surface area contributed by atoms with Gasteiger partial charge in [0.05, 0.1) is 5.56 Å². The van der Waals surface area contributed by atoms with Crippen molar-refractivity contribution in [3.63, 3.8) is 0 Å². The van der Waals surface area contributed by atoms with Crippen molar-refractivity contribution in [2.45, 2.75) is 13.0 Å². The summed E-state index contributed by atoms with van der Waals surface area (Å²) in [6, 6.07) is 2.71. The highest BCUT2D eigenvalue weighted by Crippen LogP contribution is 2.14. The van der Waals surface area contributed by atoms with Crippen molar-refractivity contribution in [2.75, 3.05) is 0 Å². The number of hydrogen-bond acceptors (Lipinski definition) is 2. The first kappa shape index (κ1) is 12.4. The van der Waals surface area contributed by atoms with Crippen LogP contribution in [0.3, 0.4) is 0 Å². The molecule has 4 nitrogen and oxygen atoms in total. The lowest BCUT2D eigenvalue weighted by Gasteiger charge is -2.10. The second-order valence-electron chi connectivity index (χ2n) is 3.22. The molecule has 0 spiro atoms. The largest absolute Gasteiger partial charge is 0.368 e. The molecule has 6 heteroatoms. The lowest BCUT2D eigenvalue weighted by molar-refractivity contribution is -0.119. The summed E-state index contributed by atoms with van der Waals surface area (Å²) in [4.78, 5) is 22.2. The third kappa shape index (κ3) is 2.93. The first-order valence-corrected chi connectivity index (χ1v) is 4.85. The molecule has 0 heterocycles. The standard InChI is InChI=1S/C10H10ClFN2O2/c1-5(9(13)15)14-10(16)7-4-6(11)2-3-8(7)12/h2-5H,1H3,(H2,13,15)(H,14,16)/t5-/m0/s1. The van der Waals surface area contributed by atoms with E-state index in [-0.39, 0.29) is 10.6 Å². The summed E-state index contributed by atoms with van der Waals surface area (Å²) in [7, 11) is 0. The zero-order chi connectivity index (χ0) is 12.3. The summed E-state index contributed by atoms with van der Waals surface area (Å²) in [5.41, 5.74) is 4.74. The molecule has 0 unspecified atom stereocenters. The fourth-order valence-corrected chi connectivity index (χ4v) is 1.19. The van der Waals surface area contributed by atoms with Gasteiger partial charge in [0.15, 0.2) is 0 Å². The van der Waals surface area contributed by atoms with E-state index in [9.17, 15) is 14.0 Å². The Bertz CT molecular complexity index is 437. The van der Waals surface area contributed by atoms with Crippen molar-refractivity contribution in [1.82, 2.24) is 5.32 Å². The van der Waals surface area contributed by atoms with Crippen LogP contribution in [0.15, 0.2) is 18.2 Å². The van der Waals surface area contributed by atoms with E-state index in [1.165, 1.54) is 19.1 Å². The van der Waals surface area contributed by atoms with E-state index >= 15 is 0 Å². The molecular weight excluding hydrogens is 235 g/mol. The number of nitrogens with two attached hydrogens (primary N) is 1. The number of nitrogens with one attached hydrogen (secondary N) is 1. The van der Waals surface area contributed by atoms with Crippen LogP contribution in [0.4, 0.5) is 4.39 Å². The molecule has 0 aromatic heterocycles. The van der Waals surface area contributed by atoms with E-state index in [2.05, 4.69) is 5.32 Å². The molecule has 0 saturated heterocycles. The van der Waals surface area contributed by atoms with Crippen molar-refractivity contribution in [3.05, 3.63) is 34.6 Å². The van der Waals surface area contributed by atoms with Crippen molar-refractivity contribution in [1.29, 1.82) is 0 Å². The molecule has 0 bridgehead atoms. The van der Waals surface area contributed by atoms with Crippen molar-refractivity contribution < 1.29 is 14.0 Å². The Morgan fingerprint density at radius 3 is 2.69 bits per heavy atom. The summed E-state index contributed by atoms with van der Waals surface area (Å²) in [6.07, 6.45) is 0. The van der Waals surface area contributed by atoms with Gasteiger partial charge in [0.1, 0.15) is 11.9 Å². The Hall–Kier alpha value is -1.62. The van der Waals surface area contributed by atoms with Gasteiger partial charge in [0, 0.05) is 5.02 Å². The predicted molar refractivity (Wildman–Crippen MR) is 57.5 cm³/mol. The zero-order valence-corrected chi connectivity index (χ0v) is 9.22. The van der Waals surface area contributed by atoms with Gasteiger partial charge < -0.3 is 11.1 Å². The van der Waals surface area contributed by atoms with E-state index in [0.717, 1.165) is 6.07 Å². The molecule has 1 aromatic carbocycles. The van der Waals surface area contributed by atoms with Gasteiger partial charge in [-0.3, -0.25) is 9.59 Å². The Kier molecular flexibility index (Phi) is 3.84. The molecule has 0 aliphatic rings. The van der Waals surface area contributed by atoms with Crippen LogP contribution in [0, 0.1) is 5.82 Å². The molecule has 1 aromatic rings. The quantitative estimate of drug-likeness (QED) is 0.835. The maximum Gasteiger partial charge on any atom is 0.254 e. The summed E-state index contributed by atoms with van der Waals surface area (Å²) in [5.74, 6) is -2.14. The number of primary amides is 1. The second-order valence-corrected chi connectivity index (χ2v) is 3.66. The molecule has 1 rings (SSSR count). The van der Waals surface area contributed by atoms with Gasteiger partial charge in [-0.05, 0) is 25.1 Å². The van der Waals surface area contributed by atoms with Crippen LogP contribution in [0.1, 0.15) is 17.3 Å². The van der Waals surface area contributed by atoms with Gasteiger partial charge in [0.25, 0.3) is 5.91 Å². The molecule has 86 valence electrons. The molecule has 0 aliphatic heterocycles. The third-order valence-electron chi connectivity index (χ3n) is 1.95. The Balaban J connectivity index is 2.88. The SMILES string of the molecule is C[C@H](NC(=O)c1cc(Cl)ccc1F)C(N)=O. The molecule has 16 heavy (non-hydrogen) atoms. The molecule has 2 amide bonds. The van der Waals surface area contributed by atoms with E-state index < -0.39 is 23.7 Å².